The van der Waals surface area contributed by atoms with E-state index in [1.807, 2.05) is 24.3 Å². The third kappa shape index (κ3) is 6.60. The number of hydrogen-bond acceptors (Lipinski definition) is 7. The predicted molar refractivity (Wildman–Crippen MR) is 128 cm³/mol. The molecule has 1 unspecified atom stereocenters. The van der Waals surface area contributed by atoms with Crippen LogP contribution in [0.25, 0.3) is 10.8 Å². The van der Waals surface area contributed by atoms with E-state index in [1.165, 1.54) is 20.3 Å². The lowest BCUT2D eigenvalue weighted by molar-refractivity contribution is -0.121. The van der Waals surface area contributed by atoms with Crippen molar-refractivity contribution in [1.29, 1.82) is 0 Å². The van der Waals surface area contributed by atoms with Crippen LogP contribution in [-0.4, -0.2) is 59.5 Å². The molecule has 0 spiro atoms. The summed E-state index contributed by atoms with van der Waals surface area (Å²) in [5, 5.41) is 14.5. The van der Waals surface area contributed by atoms with Gasteiger partial charge in [-0.15, -0.1) is 0 Å². The molecule has 0 bridgehead atoms. The normalized spacial score (nSPS) is 12.2. The van der Waals surface area contributed by atoms with Gasteiger partial charge < -0.3 is 24.6 Å². The van der Waals surface area contributed by atoms with Crippen LogP contribution in [0.2, 0.25) is 0 Å². The SMILES string of the molecule is COc1cccc(OC)c1OCC(O)CNC(=O)CCNS(=O)(=O)c1ccc2ccccc2c1. The second-order valence-corrected chi connectivity index (χ2v) is 9.18. The topological polar surface area (TPSA) is 123 Å². The summed E-state index contributed by atoms with van der Waals surface area (Å²) in [6, 6.07) is 17.4. The van der Waals surface area contributed by atoms with Crippen LogP contribution in [0.4, 0.5) is 0 Å². The van der Waals surface area contributed by atoms with Gasteiger partial charge in [0.15, 0.2) is 11.5 Å². The van der Waals surface area contributed by atoms with Gasteiger partial charge in [-0.1, -0.05) is 36.4 Å². The van der Waals surface area contributed by atoms with Crippen molar-refractivity contribution in [2.75, 3.05) is 33.9 Å². The molecule has 3 aromatic rings. The summed E-state index contributed by atoms with van der Waals surface area (Å²) in [5.41, 5.74) is 0. The quantitative estimate of drug-likeness (QED) is 0.357. The number of carbonyl (C=O) groups is 1. The second kappa shape index (κ2) is 11.7. The first-order chi connectivity index (χ1) is 16.3. The fourth-order valence-corrected chi connectivity index (χ4v) is 4.30. The summed E-state index contributed by atoms with van der Waals surface area (Å²) in [4.78, 5) is 12.2. The lowest BCUT2D eigenvalue weighted by Crippen LogP contribution is -2.37. The van der Waals surface area contributed by atoms with Gasteiger partial charge in [0, 0.05) is 19.5 Å². The Balaban J connectivity index is 1.43. The number of methoxy groups -OCH3 is 2. The predicted octanol–water partition coefficient (Wildman–Crippen LogP) is 2.08. The van der Waals surface area contributed by atoms with Crippen molar-refractivity contribution in [3.63, 3.8) is 0 Å². The van der Waals surface area contributed by atoms with Gasteiger partial charge in [-0.05, 0) is 35.0 Å². The van der Waals surface area contributed by atoms with Crippen LogP contribution in [0, 0.1) is 0 Å². The number of nitrogens with one attached hydrogen (secondary N) is 2. The smallest absolute Gasteiger partial charge is 0.240 e. The minimum Gasteiger partial charge on any atom is -0.493 e. The van der Waals surface area contributed by atoms with Crippen LogP contribution in [0.1, 0.15) is 6.42 Å². The third-order valence-corrected chi connectivity index (χ3v) is 6.47. The van der Waals surface area contributed by atoms with Crippen molar-refractivity contribution in [3.05, 3.63) is 60.7 Å². The summed E-state index contributed by atoms with van der Waals surface area (Å²) in [6.45, 7) is -0.245. The van der Waals surface area contributed by atoms with Gasteiger partial charge in [0.05, 0.1) is 19.1 Å². The van der Waals surface area contributed by atoms with E-state index in [0.29, 0.717) is 17.2 Å². The minimum absolute atomic E-state index is 0.0618. The molecule has 0 aliphatic carbocycles. The van der Waals surface area contributed by atoms with Crippen molar-refractivity contribution in [2.45, 2.75) is 17.4 Å². The van der Waals surface area contributed by atoms with Crippen molar-refractivity contribution in [2.24, 2.45) is 0 Å². The molecule has 3 N–H and O–H groups in total. The highest BCUT2D eigenvalue weighted by atomic mass is 32.2. The van der Waals surface area contributed by atoms with E-state index >= 15 is 0 Å². The number of carbonyl (C=O) groups excluding carboxylic acids is 1. The lowest BCUT2D eigenvalue weighted by Gasteiger charge is -2.17. The Labute approximate surface area is 198 Å². The highest BCUT2D eigenvalue weighted by Gasteiger charge is 2.16. The highest BCUT2D eigenvalue weighted by molar-refractivity contribution is 7.89. The average Bonchev–Trinajstić information content (AvgIpc) is 2.85. The molecule has 0 fully saturated rings. The van der Waals surface area contributed by atoms with Crippen LogP contribution >= 0.6 is 0 Å². The molecule has 3 rings (SSSR count). The van der Waals surface area contributed by atoms with E-state index in [0.717, 1.165) is 10.8 Å². The molecule has 0 radical (unpaired) electrons. The Morgan fingerprint density at radius 1 is 0.971 bits per heavy atom. The first-order valence-electron chi connectivity index (χ1n) is 10.6. The summed E-state index contributed by atoms with van der Waals surface area (Å²) in [7, 11) is -0.769. The van der Waals surface area contributed by atoms with E-state index in [-0.39, 0.29) is 31.0 Å². The first-order valence-corrected chi connectivity index (χ1v) is 12.1. The molecular formula is C24H28N2O7S. The largest absolute Gasteiger partial charge is 0.493 e. The van der Waals surface area contributed by atoms with Gasteiger partial charge in [0.2, 0.25) is 21.7 Å². The van der Waals surface area contributed by atoms with Crippen LogP contribution in [0.15, 0.2) is 65.6 Å². The molecule has 0 aromatic heterocycles. The molecular weight excluding hydrogens is 460 g/mol. The maximum Gasteiger partial charge on any atom is 0.240 e. The molecule has 0 saturated carbocycles. The molecule has 0 heterocycles. The minimum atomic E-state index is -3.75. The van der Waals surface area contributed by atoms with Crippen LogP contribution in [-0.2, 0) is 14.8 Å². The van der Waals surface area contributed by atoms with Gasteiger partial charge in [-0.25, -0.2) is 13.1 Å². The summed E-state index contributed by atoms with van der Waals surface area (Å²) < 4.78 is 43.6. The van der Waals surface area contributed by atoms with E-state index in [1.54, 1.807) is 30.3 Å². The standard InChI is InChI=1S/C24H28N2O7S/c1-31-21-8-5-9-22(32-2)24(21)33-16-19(27)15-25-23(28)12-13-26-34(29,30)20-11-10-17-6-3-4-7-18(17)14-20/h3-11,14,19,26-27H,12-13,15-16H2,1-2H3,(H,25,28). The zero-order valence-corrected chi connectivity index (χ0v) is 19.8. The number of ether oxygens (including phenoxy) is 3. The maximum absolute atomic E-state index is 12.5. The average molecular weight is 489 g/mol. The van der Waals surface area contributed by atoms with E-state index in [2.05, 4.69) is 10.0 Å². The van der Waals surface area contributed by atoms with Crippen LogP contribution in [0.5, 0.6) is 17.2 Å². The number of hydrogen-bond donors (Lipinski definition) is 3. The number of rotatable bonds is 12. The van der Waals surface area contributed by atoms with Crippen LogP contribution < -0.4 is 24.2 Å². The van der Waals surface area contributed by atoms with E-state index in [9.17, 15) is 18.3 Å². The molecule has 1 atom stereocenters. The Kier molecular flexibility index (Phi) is 8.69. The van der Waals surface area contributed by atoms with Crippen molar-refractivity contribution >= 4 is 26.7 Å². The molecule has 0 aliphatic rings. The maximum atomic E-state index is 12.5. The molecule has 1 amide bonds. The molecule has 182 valence electrons. The van der Waals surface area contributed by atoms with Crippen molar-refractivity contribution < 1.29 is 32.5 Å². The van der Waals surface area contributed by atoms with E-state index < -0.39 is 22.0 Å². The zero-order valence-electron chi connectivity index (χ0n) is 19.0. The number of fused-ring (bicyclic) bond motifs is 1. The molecule has 10 heteroatoms. The third-order valence-electron chi connectivity index (χ3n) is 5.01. The van der Waals surface area contributed by atoms with Gasteiger partial charge in [-0.3, -0.25) is 4.79 Å². The monoisotopic (exact) mass is 488 g/mol. The van der Waals surface area contributed by atoms with Gasteiger partial charge in [0.1, 0.15) is 12.7 Å². The highest BCUT2D eigenvalue weighted by Crippen LogP contribution is 2.36. The van der Waals surface area contributed by atoms with Gasteiger partial charge in [0.25, 0.3) is 0 Å². The number of aliphatic hydroxyl groups excluding tert-OH is 1. The molecule has 0 saturated heterocycles. The second-order valence-electron chi connectivity index (χ2n) is 7.42. The Bertz CT molecular complexity index is 1210. The fraction of sp³-hybridized carbons (Fsp3) is 0.292. The fourth-order valence-electron chi connectivity index (χ4n) is 3.23. The molecule has 3 aromatic carbocycles. The number of para-hydroxylation sites is 1. The number of benzene rings is 3. The van der Waals surface area contributed by atoms with Crippen molar-refractivity contribution in [3.8, 4) is 17.2 Å². The van der Waals surface area contributed by atoms with Gasteiger partial charge in [-0.2, -0.15) is 0 Å². The van der Waals surface area contributed by atoms with E-state index in [4.69, 9.17) is 14.2 Å². The Morgan fingerprint density at radius 3 is 2.32 bits per heavy atom. The summed E-state index contributed by atoms with van der Waals surface area (Å²) >= 11 is 0. The number of amides is 1. The molecule has 34 heavy (non-hydrogen) atoms. The number of sulfonamides is 1. The molecule has 9 nitrogen and oxygen atoms in total. The lowest BCUT2D eigenvalue weighted by atomic mass is 10.1. The number of aliphatic hydroxyl groups is 1. The Morgan fingerprint density at radius 2 is 1.65 bits per heavy atom. The zero-order chi connectivity index (χ0) is 24.6. The van der Waals surface area contributed by atoms with Crippen molar-refractivity contribution in [1.82, 2.24) is 10.0 Å². The Hall–Kier alpha value is -3.34. The summed E-state index contributed by atoms with van der Waals surface area (Å²) in [6.07, 6.45) is -1.08. The van der Waals surface area contributed by atoms with Crippen LogP contribution in [0.3, 0.4) is 0 Å². The molecule has 0 aliphatic heterocycles. The first kappa shape index (κ1) is 25.3. The summed E-state index contributed by atoms with van der Waals surface area (Å²) in [5.74, 6) is 0.847. The van der Waals surface area contributed by atoms with Gasteiger partial charge >= 0.3 is 0 Å².